The van der Waals surface area contributed by atoms with Gasteiger partial charge in [0, 0.05) is 6.04 Å². The van der Waals surface area contributed by atoms with Gasteiger partial charge in [0.05, 0.1) is 22.7 Å². The molecule has 7 heteroatoms. The number of hydrogen-bond acceptors (Lipinski definition) is 5. The maximum Gasteiger partial charge on any atom is 0.262 e. The second kappa shape index (κ2) is 9.00. The Morgan fingerprint density at radius 1 is 1.34 bits per heavy atom. The summed E-state index contributed by atoms with van der Waals surface area (Å²) < 4.78 is 1.80. The van der Waals surface area contributed by atoms with Gasteiger partial charge in [-0.1, -0.05) is 57.0 Å². The number of para-hydroxylation sites is 1. The lowest BCUT2D eigenvalue weighted by atomic mass is 9.90. The number of benzene rings is 1. The second-order valence-corrected chi connectivity index (χ2v) is 9.13. The first kappa shape index (κ1) is 21.4. The summed E-state index contributed by atoms with van der Waals surface area (Å²) in [6.07, 6.45) is 5.31. The molecule has 6 nitrogen and oxygen atoms in total. The highest BCUT2D eigenvalue weighted by Crippen LogP contribution is 2.31. The summed E-state index contributed by atoms with van der Waals surface area (Å²) in [6, 6.07) is 9.67. The van der Waals surface area contributed by atoms with Crippen molar-refractivity contribution in [3.8, 4) is 6.07 Å². The first-order valence-electron chi connectivity index (χ1n) is 10.2. The normalized spacial score (nSPS) is 17.1. The fraction of sp³-hybridized carbons (Fsp3) is 0.545. The molecule has 3 rings (SSSR count). The number of thioether (sulfide) groups is 1. The number of aromatic nitrogens is 2. The summed E-state index contributed by atoms with van der Waals surface area (Å²) in [4.78, 5) is 30.5. The van der Waals surface area contributed by atoms with Crippen molar-refractivity contribution < 1.29 is 4.79 Å². The summed E-state index contributed by atoms with van der Waals surface area (Å²) >= 11 is 1.27. The van der Waals surface area contributed by atoms with E-state index in [0.29, 0.717) is 16.1 Å². The summed E-state index contributed by atoms with van der Waals surface area (Å²) in [7, 11) is 0. The van der Waals surface area contributed by atoms with Crippen LogP contribution in [-0.4, -0.2) is 26.8 Å². The average Bonchev–Trinajstić information content (AvgIpc) is 2.72. The van der Waals surface area contributed by atoms with E-state index in [2.05, 4.69) is 11.4 Å². The van der Waals surface area contributed by atoms with Gasteiger partial charge in [0.25, 0.3) is 5.56 Å². The highest BCUT2D eigenvalue weighted by molar-refractivity contribution is 7.99. The molecule has 1 saturated carbocycles. The van der Waals surface area contributed by atoms with Crippen molar-refractivity contribution in [1.29, 1.82) is 5.26 Å². The fourth-order valence-corrected chi connectivity index (χ4v) is 4.51. The minimum atomic E-state index is -0.919. The number of fused-ring (bicyclic) bond motifs is 1. The SMILES string of the molecule is CC(C)[C@@](C)(C#N)NC(=O)CSc1nc2ccccc2c(=O)n1C1CCCCC1. The predicted octanol–water partition coefficient (Wildman–Crippen LogP) is 4.05. The van der Waals surface area contributed by atoms with Gasteiger partial charge in [0.15, 0.2) is 5.16 Å². The number of nitrogens with zero attached hydrogens (tertiary/aromatic N) is 3. The minimum Gasteiger partial charge on any atom is -0.337 e. The lowest BCUT2D eigenvalue weighted by molar-refractivity contribution is -0.120. The van der Waals surface area contributed by atoms with E-state index >= 15 is 0 Å². The summed E-state index contributed by atoms with van der Waals surface area (Å²) in [5.74, 6) is -0.132. The van der Waals surface area contributed by atoms with Crippen molar-refractivity contribution in [2.45, 2.75) is 69.6 Å². The van der Waals surface area contributed by atoms with Crippen LogP contribution in [0.5, 0.6) is 0 Å². The third-order valence-corrected chi connectivity index (χ3v) is 6.79. The molecule has 0 saturated heterocycles. The third-order valence-electron chi connectivity index (χ3n) is 5.83. The van der Waals surface area contributed by atoms with E-state index in [1.807, 2.05) is 38.1 Å². The van der Waals surface area contributed by atoms with Gasteiger partial charge in [0.1, 0.15) is 5.54 Å². The van der Waals surface area contributed by atoms with E-state index in [1.165, 1.54) is 18.2 Å². The first-order valence-corrected chi connectivity index (χ1v) is 11.2. The molecule has 29 heavy (non-hydrogen) atoms. The smallest absolute Gasteiger partial charge is 0.262 e. The Bertz CT molecular complexity index is 988. The monoisotopic (exact) mass is 412 g/mol. The quantitative estimate of drug-likeness (QED) is 0.571. The maximum absolute atomic E-state index is 13.2. The minimum absolute atomic E-state index is 0.0133. The summed E-state index contributed by atoms with van der Waals surface area (Å²) in [6.45, 7) is 5.54. The number of carbonyl (C=O) groups excluding carboxylic acids is 1. The number of hydrogen-bond donors (Lipinski definition) is 1. The largest absolute Gasteiger partial charge is 0.337 e. The molecule has 1 amide bonds. The van der Waals surface area contributed by atoms with Gasteiger partial charge in [-0.25, -0.2) is 4.98 Å². The van der Waals surface area contributed by atoms with Crippen LogP contribution in [0.2, 0.25) is 0 Å². The molecule has 1 aliphatic rings. The molecular weight excluding hydrogens is 384 g/mol. The van der Waals surface area contributed by atoms with E-state index < -0.39 is 5.54 Å². The standard InChI is InChI=1S/C22H28N4O2S/c1-15(2)22(3,14-23)25-19(27)13-29-21-24-18-12-8-7-11-17(18)20(28)26(21)16-9-5-4-6-10-16/h7-8,11-12,15-16H,4-6,9-10,13H2,1-3H3,(H,25,27)/t22-/m1/s1. The number of nitrogens with one attached hydrogen (secondary N) is 1. The van der Waals surface area contributed by atoms with Gasteiger partial charge in [-0.05, 0) is 37.8 Å². The molecule has 1 heterocycles. The van der Waals surface area contributed by atoms with Crippen molar-refractivity contribution in [2.75, 3.05) is 5.75 Å². The molecule has 0 aliphatic heterocycles. The molecule has 0 bridgehead atoms. The van der Waals surface area contributed by atoms with Crippen molar-refractivity contribution >= 4 is 28.6 Å². The highest BCUT2D eigenvalue weighted by Gasteiger charge is 2.30. The zero-order valence-corrected chi connectivity index (χ0v) is 18.1. The Kier molecular flexibility index (Phi) is 6.63. The van der Waals surface area contributed by atoms with Crippen LogP contribution in [0.1, 0.15) is 58.9 Å². The molecule has 0 radical (unpaired) electrons. The van der Waals surface area contributed by atoms with Crippen molar-refractivity contribution in [2.24, 2.45) is 5.92 Å². The molecule has 1 fully saturated rings. The van der Waals surface area contributed by atoms with Crippen LogP contribution in [0.4, 0.5) is 0 Å². The Hall–Kier alpha value is -2.33. The molecule has 1 aromatic carbocycles. The van der Waals surface area contributed by atoms with Crippen LogP contribution in [-0.2, 0) is 4.79 Å². The number of rotatable bonds is 6. The van der Waals surface area contributed by atoms with Gasteiger partial charge in [-0.3, -0.25) is 14.2 Å². The van der Waals surface area contributed by atoms with Gasteiger partial charge < -0.3 is 5.32 Å². The highest BCUT2D eigenvalue weighted by atomic mass is 32.2. The Morgan fingerprint density at radius 2 is 2.03 bits per heavy atom. The Morgan fingerprint density at radius 3 is 2.69 bits per heavy atom. The van der Waals surface area contributed by atoms with Crippen molar-refractivity contribution in [1.82, 2.24) is 14.9 Å². The number of nitriles is 1. The molecule has 154 valence electrons. The lowest BCUT2D eigenvalue weighted by Crippen LogP contribution is -2.49. The zero-order chi connectivity index (χ0) is 21.0. The molecular formula is C22H28N4O2S. The van der Waals surface area contributed by atoms with Gasteiger partial charge >= 0.3 is 0 Å². The average molecular weight is 413 g/mol. The predicted molar refractivity (Wildman–Crippen MR) is 116 cm³/mol. The van der Waals surface area contributed by atoms with Gasteiger partial charge in [0.2, 0.25) is 5.91 Å². The van der Waals surface area contributed by atoms with Crippen LogP contribution in [0.3, 0.4) is 0 Å². The van der Waals surface area contributed by atoms with Gasteiger partial charge in [-0.2, -0.15) is 5.26 Å². The van der Waals surface area contributed by atoms with Crippen molar-refractivity contribution in [3.63, 3.8) is 0 Å². The molecule has 0 spiro atoms. The van der Waals surface area contributed by atoms with E-state index in [9.17, 15) is 14.9 Å². The van der Waals surface area contributed by atoms with Crippen LogP contribution in [0.25, 0.3) is 10.9 Å². The third kappa shape index (κ3) is 4.64. The van der Waals surface area contributed by atoms with E-state index in [1.54, 1.807) is 11.5 Å². The van der Waals surface area contributed by atoms with E-state index in [0.717, 1.165) is 25.7 Å². The number of carbonyl (C=O) groups is 1. The first-order chi connectivity index (χ1) is 13.9. The fourth-order valence-electron chi connectivity index (χ4n) is 3.65. The second-order valence-electron chi connectivity index (χ2n) is 8.18. The molecule has 1 atom stereocenters. The Labute approximate surface area is 175 Å². The van der Waals surface area contributed by atoms with Crippen LogP contribution in [0.15, 0.2) is 34.2 Å². The molecule has 1 N–H and O–H groups in total. The molecule has 1 aromatic heterocycles. The van der Waals surface area contributed by atoms with E-state index in [-0.39, 0.29) is 29.2 Å². The summed E-state index contributed by atoms with van der Waals surface area (Å²) in [5, 5.41) is 13.5. The van der Waals surface area contributed by atoms with Crippen LogP contribution < -0.4 is 10.9 Å². The van der Waals surface area contributed by atoms with Crippen LogP contribution in [0, 0.1) is 17.2 Å². The van der Waals surface area contributed by atoms with Crippen LogP contribution >= 0.6 is 11.8 Å². The van der Waals surface area contributed by atoms with Gasteiger partial charge in [-0.15, -0.1) is 0 Å². The molecule has 1 aliphatic carbocycles. The topological polar surface area (TPSA) is 87.8 Å². The summed E-state index contributed by atoms with van der Waals surface area (Å²) in [5.41, 5.74) is -0.303. The molecule has 2 aromatic rings. The number of amides is 1. The van der Waals surface area contributed by atoms with E-state index in [4.69, 9.17) is 4.98 Å². The zero-order valence-electron chi connectivity index (χ0n) is 17.3. The lowest BCUT2D eigenvalue weighted by Gasteiger charge is -2.28. The van der Waals surface area contributed by atoms with Crippen molar-refractivity contribution in [3.05, 3.63) is 34.6 Å². The molecule has 0 unspecified atom stereocenters. The maximum atomic E-state index is 13.2. The Balaban J connectivity index is 1.89.